The van der Waals surface area contributed by atoms with Crippen molar-refractivity contribution in [2.24, 2.45) is 0 Å². The zero-order valence-corrected chi connectivity index (χ0v) is 9.80. The molecule has 0 radical (unpaired) electrons. The Labute approximate surface area is 77.5 Å². The number of hydrogen-bond donors (Lipinski definition) is 1. The molecule has 1 N–H and O–H groups in total. The van der Waals surface area contributed by atoms with Crippen LogP contribution in [0.4, 0.5) is 0 Å². The van der Waals surface area contributed by atoms with Gasteiger partial charge in [0, 0.05) is 0 Å². The Hall–Kier alpha value is -0.0831. The number of rotatable bonds is 5. The topological polar surface area (TPSA) is 20.2 Å². The maximum atomic E-state index is 9.81. The van der Waals surface area contributed by atoms with Crippen LogP contribution >= 0.6 is 0 Å². The molecule has 0 rings (SSSR count). The Morgan fingerprint density at radius 2 is 1.92 bits per heavy atom. The van der Waals surface area contributed by atoms with Gasteiger partial charge in [0.05, 0.1) is 14.2 Å². The van der Waals surface area contributed by atoms with Gasteiger partial charge in [0.25, 0.3) is 0 Å². The van der Waals surface area contributed by atoms with Crippen molar-refractivity contribution in [3.8, 4) is 0 Å². The molecule has 2 heteroatoms. The van der Waals surface area contributed by atoms with E-state index in [1.165, 1.54) is 0 Å². The van der Waals surface area contributed by atoms with Crippen LogP contribution in [0.5, 0.6) is 0 Å². The molecule has 0 aliphatic rings. The van der Waals surface area contributed by atoms with Crippen molar-refractivity contribution >= 4 is 8.07 Å². The van der Waals surface area contributed by atoms with Crippen molar-refractivity contribution in [1.29, 1.82) is 0 Å². The van der Waals surface area contributed by atoms with Gasteiger partial charge in [-0.05, 0) is 12.0 Å². The summed E-state index contributed by atoms with van der Waals surface area (Å²) < 4.78 is 0. The van der Waals surface area contributed by atoms with Crippen molar-refractivity contribution in [2.45, 2.75) is 51.1 Å². The largest absolute Gasteiger partial charge is 0.393 e. The van der Waals surface area contributed by atoms with Gasteiger partial charge in [-0.1, -0.05) is 39.1 Å². The van der Waals surface area contributed by atoms with Crippen molar-refractivity contribution in [3.63, 3.8) is 0 Å². The third kappa shape index (κ3) is 3.54. The van der Waals surface area contributed by atoms with Crippen molar-refractivity contribution in [1.82, 2.24) is 0 Å². The second-order valence-corrected chi connectivity index (χ2v) is 9.88. The van der Waals surface area contributed by atoms with E-state index in [1.807, 2.05) is 6.08 Å². The van der Waals surface area contributed by atoms with E-state index >= 15 is 0 Å². The minimum absolute atomic E-state index is 0.167. The second kappa shape index (κ2) is 4.82. The van der Waals surface area contributed by atoms with Crippen molar-refractivity contribution < 1.29 is 5.11 Å². The molecule has 0 saturated heterocycles. The van der Waals surface area contributed by atoms with E-state index < -0.39 is 8.07 Å². The average Bonchev–Trinajstić information content (AvgIpc) is 1.85. The van der Waals surface area contributed by atoms with Crippen LogP contribution in [0, 0.1) is 0 Å². The second-order valence-electron chi connectivity index (χ2n) is 4.48. The normalized spacial score (nSPS) is 17.1. The molecule has 0 saturated carbocycles. The lowest BCUT2D eigenvalue weighted by Crippen LogP contribution is -2.34. The maximum Gasteiger partial charge on any atom is 0.0578 e. The quantitative estimate of drug-likeness (QED) is 0.517. The zero-order valence-electron chi connectivity index (χ0n) is 8.80. The first-order chi connectivity index (χ1) is 5.43. The summed E-state index contributed by atoms with van der Waals surface area (Å²) in [5.41, 5.74) is 0.345. The summed E-state index contributed by atoms with van der Waals surface area (Å²) in [6.45, 7) is 12.7. The lowest BCUT2D eigenvalue weighted by molar-refractivity contribution is 0.164. The first-order valence-electron chi connectivity index (χ1n) is 4.74. The third-order valence-corrected chi connectivity index (χ3v) is 4.87. The molecule has 1 nitrogen and oxygen atoms in total. The van der Waals surface area contributed by atoms with Crippen LogP contribution in [-0.2, 0) is 0 Å². The summed E-state index contributed by atoms with van der Waals surface area (Å²) in [7, 11) is -1.26. The molecular weight excluding hydrogens is 164 g/mol. The molecule has 0 amide bonds. The van der Waals surface area contributed by atoms with Gasteiger partial charge in [0.2, 0.25) is 0 Å². The Bertz CT molecular complexity index is 137. The highest BCUT2D eigenvalue weighted by Gasteiger charge is 2.29. The van der Waals surface area contributed by atoms with Gasteiger partial charge in [0.1, 0.15) is 0 Å². The fraction of sp³-hybridized carbons (Fsp3) is 0.800. The first kappa shape index (κ1) is 11.9. The molecular formula is C10H22OSi. The number of aliphatic hydroxyl groups excluding tert-OH is 1. The highest BCUT2D eigenvalue weighted by Crippen LogP contribution is 2.28. The molecule has 0 heterocycles. The van der Waals surface area contributed by atoms with Crippen molar-refractivity contribution in [3.05, 3.63) is 12.7 Å². The Morgan fingerprint density at radius 3 is 2.17 bits per heavy atom. The standard InChI is InChI=1S/C10H22OSi/c1-6-8-9(11)10(7-2)12(3,4)5/h7,9-11H,2,6,8H2,1,3-5H3/t9-,10+/m1/s1. The van der Waals surface area contributed by atoms with Gasteiger partial charge in [-0.3, -0.25) is 0 Å². The zero-order chi connectivity index (χ0) is 9.78. The molecule has 72 valence electrons. The molecule has 0 aromatic rings. The molecule has 0 aromatic carbocycles. The van der Waals surface area contributed by atoms with Gasteiger partial charge in [-0.25, -0.2) is 0 Å². The van der Waals surface area contributed by atoms with E-state index in [1.54, 1.807) is 0 Å². The van der Waals surface area contributed by atoms with E-state index in [-0.39, 0.29) is 6.10 Å². The Morgan fingerprint density at radius 1 is 1.42 bits per heavy atom. The molecule has 0 aliphatic carbocycles. The van der Waals surface area contributed by atoms with Gasteiger partial charge in [0.15, 0.2) is 0 Å². The predicted octanol–water partition coefficient (Wildman–Crippen LogP) is 3.04. The van der Waals surface area contributed by atoms with E-state index in [0.717, 1.165) is 12.8 Å². The number of hydrogen-bond acceptors (Lipinski definition) is 1. The maximum absolute atomic E-state index is 9.81. The van der Waals surface area contributed by atoms with Crippen LogP contribution in [-0.4, -0.2) is 19.3 Å². The molecule has 0 aliphatic heterocycles. The molecule has 0 aromatic heterocycles. The molecule has 0 bridgehead atoms. The summed E-state index contributed by atoms with van der Waals surface area (Å²) in [4.78, 5) is 0. The third-order valence-electron chi connectivity index (χ3n) is 2.25. The SMILES string of the molecule is C=C[C@@H]([C@H](O)CCC)[Si](C)(C)C. The van der Waals surface area contributed by atoms with Gasteiger partial charge < -0.3 is 5.11 Å². The molecule has 0 fully saturated rings. The molecule has 0 unspecified atom stereocenters. The summed E-state index contributed by atoms with van der Waals surface area (Å²) in [5, 5.41) is 9.81. The predicted molar refractivity (Wildman–Crippen MR) is 58.2 cm³/mol. The van der Waals surface area contributed by atoms with Gasteiger partial charge in [-0.15, -0.1) is 6.58 Å². The minimum Gasteiger partial charge on any atom is -0.393 e. The summed E-state index contributed by atoms with van der Waals surface area (Å²) in [5.74, 6) is 0. The van der Waals surface area contributed by atoms with E-state index in [0.29, 0.717) is 5.54 Å². The lowest BCUT2D eigenvalue weighted by atomic mass is 10.1. The smallest absolute Gasteiger partial charge is 0.0578 e. The number of aliphatic hydroxyl groups is 1. The summed E-state index contributed by atoms with van der Waals surface area (Å²) >= 11 is 0. The summed E-state index contributed by atoms with van der Waals surface area (Å²) in [6.07, 6.45) is 3.72. The Kier molecular flexibility index (Phi) is 4.79. The van der Waals surface area contributed by atoms with Gasteiger partial charge >= 0.3 is 0 Å². The highest BCUT2D eigenvalue weighted by atomic mass is 28.3. The monoisotopic (exact) mass is 186 g/mol. The molecule has 2 atom stereocenters. The molecule has 0 spiro atoms. The van der Waals surface area contributed by atoms with Crippen LogP contribution in [0.2, 0.25) is 25.2 Å². The first-order valence-corrected chi connectivity index (χ1v) is 8.31. The minimum atomic E-state index is -1.26. The lowest BCUT2D eigenvalue weighted by Gasteiger charge is -2.30. The Balaban J connectivity index is 4.24. The van der Waals surface area contributed by atoms with E-state index in [2.05, 4.69) is 33.1 Å². The van der Waals surface area contributed by atoms with E-state index in [4.69, 9.17) is 0 Å². The van der Waals surface area contributed by atoms with Crippen LogP contribution in [0.25, 0.3) is 0 Å². The van der Waals surface area contributed by atoms with Crippen LogP contribution in [0.15, 0.2) is 12.7 Å². The van der Waals surface area contributed by atoms with E-state index in [9.17, 15) is 5.11 Å². The highest BCUT2D eigenvalue weighted by molar-refractivity contribution is 6.78. The van der Waals surface area contributed by atoms with Gasteiger partial charge in [-0.2, -0.15) is 0 Å². The van der Waals surface area contributed by atoms with Crippen LogP contribution in [0.3, 0.4) is 0 Å². The molecule has 12 heavy (non-hydrogen) atoms. The van der Waals surface area contributed by atoms with Crippen molar-refractivity contribution in [2.75, 3.05) is 0 Å². The van der Waals surface area contributed by atoms with Crippen LogP contribution < -0.4 is 0 Å². The fourth-order valence-electron chi connectivity index (χ4n) is 1.56. The summed E-state index contributed by atoms with van der Waals surface area (Å²) in [6, 6.07) is 0. The fourth-order valence-corrected chi connectivity index (χ4v) is 3.59. The van der Waals surface area contributed by atoms with Crippen LogP contribution in [0.1, 0.15) is 19.8 Å². The average molecular weight is 186 g/mol.